The van der Waals surface area contributed by atoms with Crippen LogP contribution in [0, 0.1) is 43.2 Å². The van der Waals surface area contributed by atoms with Gasteiger partial charge in [0.15, 0.2) is 0 Å². The van der Waals surface area contributed by atoms with E-state index < -0.39 is 11.8 Å². The van der Waals surface area contributed by atoms with Gasteiger partial charge in [-0.2, -0.15) is 0 Å². The van der Waals surface area contributed by atoms with Crippen molar-refractivity contribution in [2.24, 2.45) is 17.8 Å². The van der Waals surface area contributed by atoms with Crippen LogP contribution >= 0.6 is 23.2 Å². The molecule has 0 unspecified atom stereocenters. The normalized spacial score (nSPS) is 16.0. The summed E-state index contributed by atoms with van der Waals surface area (Å²) in [5, 5.41) is 19.9. The number of benzene rings is 9. The van der Waals surface area contributed by atoms with Gasteiger partial charge in [0, 0.05) is 64.5 Å². The molecule has 0 bridgehead atoms. The summed E-state index contributed by atoms with van der Waals surface area (Å²) >= 11 is 12.2. The standard InChI is InChI=1S/C34H41N3O2.C32H35Cl2N3O2.C32H35F2N3O2.2CH4/c1-24-7-11-27(12-8-24)32(28-13-9-25(2)10-14-28)34(39)35-19-4-20-37-21-17-26(18-22-37)30-5-3-6-31(23-30)36-33(38)29-15-16-29;2*33-27-11-7-23(8-12-27)30(24-9-13-28(34)14-10-24)32(39)35-17-2-18-37-19-15-22(16-20-37)26-3-1-4-29(21-26)36-31(38)25-5-6-25;;/h3,5-14,23,26,29,32H,4,15-22H2,1-2H3,(H,35,39)(H,36,38);2*1,3-4,7-14,21-22,25,30H,2,5-6,15-20H2,(H,35,39)(H,36,38);2*1H4. The third-order valence-electron chi connectivity index (χ3n) is 23.8. The van der Waals surface area contributed by atoms with Crippen LogP contribution < -0.4 is 31.9 Å². The van der Waals surface area contributed by atoms with E-state index in [1.165, 1.54) is 52.1 Å². The number of hydrogen-bond donors (Lipinski definition) is 6. The van der Waals surface area contributed by atoms with Crippen LogP contribution in [-0.2, 0) is 28.8 Å². The number of piperidine rings is 3. The van der Waals surface area contributed by atoms with Gasteiger partial charge in [0.1, 0.15) is 11.6 Å². The van der Waals surface area contributed by atoms with Gasteiger partial charge in [0.05, 0.1) is 17.8 Å². The minimum absolute atomic E-state index is 0. The molecule has 3 heterocycles. The number of hydrogen-bond acceptors (Lipinski definition) is 9. The number of carbonyl (C=O) groups excluding carboxylic acids is 6. The van der Waals surface area contributed by atoms with Crippen LogP contribution in [-0.4, -0.2) is 129 Å². The van der Waals surface area contributed by atoms with Crippen LogP contribution in [0.5, 0.6) is 0 Å². The fourth-order valence-corrected chi connectivity index (χ4v) is 16.6. The third-order valence-corrected chi connectivity index (χ3v) is 24.3. The minimum Gasteiger partial charge on any atom is -0.355 e. The molecule has 0 aromatic heterocycles. The summed E-state index contributed by atoms with van der Waals surface area (Å²) in [6.07, 6.45) is 15.3. The van der Waals surface area contributed by atoms with E-state index in [1.807, 2.05) is 78.9 Å². The van der Waals surface area contributed by atoms with Gasteiger partial charge >= 0.3 is 0 Å². The Morgan fingerprint density at radius 1 is 0.336 bits per heavy atom. The molecule has 6 aliphatic rings. The Bertz CT molecular complexity index is 4140. The van der Waals surface area contributed by atoms with Crippen molar-refractivity contribution in [1.29, 1.82) is 0 Å². The quantitative estimate of drug-likeness (QED) is 0.0239. The van der Waals surface area contributed by atoms with Gasteiger partial charge in [0.2, 0.25) is 35.4 Å². The van der Waals surface area contributed by atoms with E-state index in [4.69, 9.17) is 23.2 Å². The van der Waals surface area contributed by atoms with Gasteiger partial charge < -0.3 is 46.6 Å². The first-order valence-electron chi connectivity index (χ1n) is 42.3. The average Bonchev–Trinajstić information content (AvgIpc) is 1.71. The molecule has 3 aliphatic heterocycles. The van der Waals surface area contributed by atoms with Crippen LogP contribution in [0.1, 0.15) is 208 Å². The number of likely N-dealkylation sites (tertiary alicyclic amines) is 3. The number of nitrogens with one attached hydrogen (secondary N) is 6. The molecule has 6 amide bonds. The number of rotatable bonds is 30. The lowest BCUT2D eigenvalue weighted by molar-refractivity contribution is -0.122. The molecule has 6 N–H and O–H groups in total. The van der Waals surface area contributed by atoms with Crippen molar-refractivity contribution < 1.29 is 37.5 Å². The lowest BCUT2D eigenvalue weighted by atomic mass is 9.89. The molecule has 9 aromatic carbocycles. The number of carbonyl (C=O) groups is 6. The summed E-state index contributed by atoms with van der Waals surface area (Å²) in [4.78, 5) is 83.6. The number of anilines is 3. The predicted octanol–water partition coefficient (Wildman–Crippen LogP) is 20.1. The van der Waals surface area contributed by atoms with Crippen molar-refractivity contribution in [3.63, 3.8) is 0 Å². The Morgan fingerprint density at radius 3 is 0.815 bits per heavy atom. The zero-order valence-electron chi connectivity index (χ0n) is 67.4. The first-order valence-corrected chi connectivity index (χ1v) is 43.0. The van der Waals surface area contributed by atoms with Crippen LogP contribution in [0.15, 0.2) is 218 Å². The van der Waals surface area contributed by atoms with Crippen LogP contribution in [0.4, 0.5) is 25.8 Å². The molecular formula is C100H119Cl2F2N9O6. The lowest BCUT2D eigenvalue weighted by Gasteiger charge is -2.32. The highest BCUT2D eigenvalue weighted by Gasteiger charge is 2.34. The van der Waals surface area contributed by atoms with Crippen molar-refractivity contribution >= 4 is 75.7 Å². The third kappa shape index (κ3) is 27.1. The molecule has 3 saturated heterocycles. The van der Waals surface area contributed by atoms with Crippen molar-refractivity contribution in [2.45, 2.75) is 161 Å². The molecule has 0 atom stereocenters. The molecule has 119 heavy (non-hydrogen) atoms. The fourth-order valence-electron chi connectivity index (χ4n) is 16.3. The number of amides is 6. The zero-order valence-corrected chi connectivity index (χ0v) is 68.9. The molecule has 0 radical (unpaired) electrons. The zero-order chi connectivity index (χ0) is 81.6. The summed E-state index contributed by atoms with van der Waals surface area (Å²) in [6, 6.07) is 68.3. The van der Waals surface area contributed by atoms with E-state index in [-0.39, 0.29) is 85.6 Å². The number of aryl methyl sites for hydroxylation is 2. The maximum atomic E-state index is 13.5. The van der Waals surface area contributed by atoms with Crippen LogP contribution in [0.2, 0.25) is 10.0 Å². The second-order valence-corrected chi connectivity index (χ2v) is 33.6. The van der Waals surface area contributed by atoms with Crippen molar-refractivity contribution in [3.8, 4) is 0 Å². The molecule has 9 aromatic rings. The number of halogens is 4. The van der Waals surface area contributed by atoms with Crippen molar-refractivity contribution in [3.05, 3.63) is 301 Å². The second-order valence-electron chi connectivity index (χ2n) is 32.8. The summed E-state index contributed by atoms with van der Waals surface area (Å²) in [6.45, 7) is 15.0. The van der Waals surface area contributed by atoms with E-state index in [0.717, 1.165) is 195 Å². The summed E-state index contributed by atoms with van der Waals surface area (Å²) in [5.41, 5.74) is 14.2. The smallest absolute Gasteiger partial charge is 0.232 e. The maximum Gasteiger partial charge on any atom is 0.232 e. The van der Waals surface area contributed by atoms with Crippen LogP contribution in [0.3, 0.4) is 0 Å². The predicted molar refractivity (Wildman–Crippen MR) is 479 cm³/mol. The Hall–Kier alpha value is -9.88. The van der Waals surface area contributed by atoms with Crippen molar-refractivity contribution in [1.82, 2.24) is 30.7 Å². The highest BCUT2D eigenvalue weighted by atomic mass is 35.5. The Morgan fingerprint density at radius 2 is 0.571 bits per heavy atom. The summed E-state index contributed by atoms with van der Waals surface area (Å²) < 4.78 is 26.9. The molecule has 19 heteroatoms. The van der Waals surface area contributed by atoms with E-state index in [2.05, 4.69) is 151 Å². The molecule has 6 fully saturated rings. The molecule has 15 nitrogen and oxygen atoms in total. The second kappa shape index (κ2) is 44.4. The Labute approximate surface area is 713 Å². The molecule has 628 valence electrons. The van der Waals surface area contributed by atoms with E-state index in [0.29, 0.717) is 58.6 Å². The first kappa shape index (κ1) is 89.9. The highest BCUT2D eigenvalue weighted by molar-refractivity contribution is 6.31. The average molecular weight is 1650 g/mol. The van der Waals surface area contributed by atoms with Gasteiger partial charge in [-0.1, -0.05) is 183 Å². The highest BCUT2D eigenvalue weighted by Crippen LogP contribution is 2.38. The molecular weight excluding hydrogens is 1530 g/mol. The van der Waals surface area contributed by atoms with Gasteiger partial charge in [-0.05, 0) is 322 Å². The Balaban J connectivity index is 0.000000173. The Kier molecular flexibility index (Phi) is 33.6. The summed E-state index contributed by atoms with van der Waals surface area (Å²) in [5.74, 6) is 0.380. The molecule has 3 saturated carbocycles. The topological polar surface area (TPSA) is 184 Å². The lowest BCUT2D eigenvalue weighted by Crippen LogP contribution is -2.36. The van der Waals surface area contributed by atoms with E-state index in [9.17, 15) is 37.5 Å². The SMILES string of the molecule is C.C.Cc1ccc(C(C(=O)NCCCN2CCC(c3cccc(NC(=O)C4CC4)c3)CC2)c2ccc(C)cc2)cc1.O=C(Nc1cccc(C2CCN(CCCNC(=O)C(c3ccc(Cl)cc3)c3ccc(Cl)cc3)CC2)c1)C1CC1.O=C(Nc1cccc(C2CCN(CCCNC(=O)C(c3ccc(F)cc3)c3ccc(F)cc3)CC2)c1)C1CC1. The van der Waals surface area contributed by atoms with Gasteiger partial charge in [-0.25, -0.2) is 8.78 Å². The number of nitrogens with zero attached hydrogens (tertiary/aromatic N) is 3. The van der Waals surface area contributed by atoms with Crippen molar-refractivity contribution in [2.75, 3.05) is 94.5 Å². The van der Waals surface area contributed by atoms with E-state index in [1.54, 1.807) is 24.3 Å². The summed E-state index contributed by atoms with van der Waals surface area (Å²) in [7, 11) is 0. The first-order chi connectivity index (χ1) is 56.9. The largest absolute Gasteiger partial charge is 0.355 e. The fraction of sp³-hybridized carbons (Fsp3) is 0.400. The molecule has 3 aliphatic carbocycles. The van der Waals surface area contributed by atoms with E-state index >= 15 is 0 Å². The van der Waals surface area contributed by atoms with Gasteiger partial charge in [-0.15, -0.1) is 0 Å². The molecule has 15 rings (SSSR count). The minimum atomic E-state index is -0.633. The maximum absolute atomic E-state index is 13.5. The molecule has 0 spiro atoms. The van der Waals surface area contributed by atoms with Gasteiger partial charge in [0.25, 0.3) is 0 Å². The monoisotopic (exact) mass is 1650 g/mol. The van der Waals surface area contributed by atoms with Crippen LogP contribution in [0.25, 0.3) is 0 Å². The van der Waals surface area contributed by atoms with Gasteiger partial charge in [-0.3, -0.25) is 28.8 Å².